The van der Waals surface area contributed by atoms with Crippen LogP contribution in [-0.2, 0) is 0 Å². The lowest BCUT2D eigenvalue weighted by Crippen LogP contribution is -2.41. The fourth-order valence-electron chi connectivity index (χ4n) is 2.80. The van der Waals surface area contributed by atoms with Gasteiger partial charge in [-0.25, -0.2) is 0 Å². The summed E-state index contributed by atoms with van der Waals surface area (Å²) in [6.07, 6.45) is 4.20. The van der Waals surface area contributed by atoms with Crippen LogP contribution < -0.4 is 4.74 Å². The summed E-state index contributed by atoms with van der Waals surface area (Å²) in [6.45, 7) is 1.42. The molecule has 1 saturated carbocycles. The van der Waals surface area contributed by atoms with E-state index in [0.717, 1.165) is 37.2 Å². The Kier molecular flexibility index (Phi) is 3.62. The number of hydrogen-bond donors (Lipinski definition) is 0. The van der Waals surface area contributed by atoms with Crippen molar-refractivity contribution in [3.8, 4) is 5.75 Å². The van der Waals surface area contributed by atoms with Crippen molar-refractivity contribution in [3.63, 3.8) is 0 Å². The minimum atomic E-state index is -0.0235. The Labute approximate surface area is 132 Å². The Morgan fingerprint density at radius 1 is 1.32 bits per heavy atom. The van der Waals surface area contributed by atoms with Gasteiger partial charge in [-0.3, -0.25) is 4.79 Å². The molecule has 0 unspecified atom stereocenters. The number of aromatic nitrogens is 1. The third-order valence-corrected chi connectivity index (χ3v) is 4.92. The van der Waals surface area contributed by atoms with Crippen molar-refractivity contribution in [1.29, 1.82) is 0 Å². The van der Waals surface area contributed by atoms with Gasteiger partial charge in [-0.15, -0.1) is 11.3 Å². The van der Waals surface area contributed by atoms with Crippen molar-refractivity contribution in [1.82, 2.24) is 10.1 Å². The van der Waals surface area contributed by atoms with E-state index in [0.29, 0.717) is 24.7 Å². The molecule has 0 atom stereocenters. The normalized spacial score (nSPS) is 19.4. The maximum Gasteiger partial charge on any atom is 0.276 e. The number of piperidine rings is 1. The second-order valence-corrected chi connectivity index (χ2v) is 6.74. The van der Waals surface area contributed by atoms with E-state index in [1.54, 1.807) is 11.3 Å². The van der Waals surface area contributed by atoms with E-state index in [-0.39, 0.29) is 12.0 Å². The molecule has 22 heavy (non-hydrogen) atoms. The molecule has 1 aliphatic heterocycles. The molecule has 4 rings (SSSR count). The Morgan fingerprint density at radius 2 is 2.14 bits per heavy atom. The van der Waals surface area contributed by atoms with Crippen LogP contribution in [0.1, 0.15) is 47.8 Å². The first-order valence-corrected chi connectivity index (χ1v) is 8.68. The van der Waals surface area contributed by atoms with Crippen LogP contribution in [0.5, 0.6) is 5.75 Å². The Hall–Kier alpha value is -1.82. The summed E-state index contributed by atoms with van der Waals surface area (Å²) >= 11 is 1.63. The van der Waals surface area contributed by atoms with Gasteiger partial charge in [0.25, 0.3) is 5.91 Å². The molecular weight excluding hydrogens is 300 g/mol. The topological polar surface area (TPSA) is 55.6 Å². The number of rotatable bonds is 4. The average Bonchev–Trinajstić information content (AvgIpc) is 3.06. The summed E-state index contributed by atoms with van der Waals surface area (Å²) in [7, 11) is 0. The number of hydrogen-bond acceptors (Lipinski definition) is 5. The van der Waals surface area contributed by atoms with Gasteiger partial charge in [0, 0.05) is 43.3 Å². The molecule has 5 nitrogen and oxygen atoms in total. The van der Waals surface area contributed by atoms with E-state index in [1.165, 1.54) is 0 Å². The maximum atomic E-state index is 12.4. The standard InChI is InChI=1S/C16H18N2O3S/c19-16(14-9-15(21-17-14)11-1-2-11)18-6-3-12(4-7-18)20-13-5-8-22-10-13/h5,8-12H,1-4,6-7H2. The number of ether oxygens (including phenoxy) is 1. The average molecular weight is 318 g/mol. The van der Waals surface area contributed by atoms with Crippen molar-refractivity contribution in [2.75, 3.05) is 13.1 Å². The SMILES string of the molecule is O=C(c1cc(C2CC2)on1)N1CCC(Oc2ccsc2)CC1. The first-order valence-electron chi connectivity index (χ1n) is 7.74. The molecule has 2 fully saturated rings. The van der Waals surface area contributed by atoms with Gasteiger partial charge in [0.15, 0.2) is 5.69 Å². The summed E-state index contributed by atoms with van der Waals surface area (Å²) in [5.41, 5.74) is 0.444. The molecule has 0 N–H and O–H groups in total. The highest BCUT2D eigenvalue weighted by Gasteiger charge is 2.31. The van der Waals surface area contributed by atoms with Crippen molar-refractivity contribution in [2.45, 2.75) is 37.7 Å². The predicted octanol–water partition coefficient (Wildman–Crippen LogP) is 3.30. The van der Waals surface area contributed by atoms with Gasteiger partial charge in [0.1, 0.15) is 17.6 Å². The smallest absolute Gasteiger partial charge is 0.276 e. The number of carbonyl (C=O) groups excluding carboxylic acids is 1. The highest BCUT2D eigenvalue weighted by Crippen LogP contribution is 2.40. The minimum absolute atomic E-state index is 0.0235. The largest absolute Gasteiger partial charge is 0.489 e. The lowest BCUT2D eigenvalue weighted by Gasteiger charge is -2.31. The Morgan fingerprint density at radius 3 is 2.82 bits per heavy atom. The molecule has 0 bridgehead atoms. The van der Waals surface area contributed by atoms with Gasteiger partial charge in [-0.05, 0) is 24.3 Å². The maximum absolute atomic E-state index is 12.4. The molecule has 1 amide bonds. The van der Waals surface area contributed by atoms with Gasteiger partial charge < -0.3 is 14.2 Å². The van der Waals surface area contributed by atoms with E-state index in [4.69, 9.17) is 9.26 Å². The molecule has 1 aliphatic carbocycles. The van der Waals surface area contributed by atoms with Gasteiger partial charge in [-0.2, -0.15) is 0 Å². The molecule has 116 valence electrons. The first kappa shape index (κ1) is 13.8. The van der Waals surface area contributed by atoms with E-state index < -0.39 is 0 Å². The third kappa shape index (κ3) is 2.88. The number of carbonyl (C=O) groups is 1. The second-order valence-electron chi connectivity index (χ2n) is 5.96. The van der Waals surface area contributed by atoms with E-state index in [2.05, 4.69) is 5.16 Å². The van der Waals surface area contributed by atoms with Crippen molar-refractivity contribution in [2.24, 2.45) is 0 Å². The molecule has 6 heteroatoms. The van der Waals surface area contributed by atoms with Gasteiger partial charge in [-0.1, -0.05) is 5.16 Å². The van der Waals surface area contributed by atoms with Crippen LogP contribution in [0.4, 0.5) is 0 Å². The zero-order chi connectivity index (χ0) is 14.9. The molecule has 0 radical (unpaired) electrons. The lowest BCUT2D eigenvalue weighted by atomic mass is 10.1. The molecule has 3 heterocycles. The second kappa shape index (κ2) is 5.76. The molecular formula is C16H18N2O3S. The van der Waals surface area contributed by atoms with Crippen molar-refractivity contribution in [3.05, 3.63) is 34.3 Å². The molecule has 0 spiro atoms. The van der Waals surface area contributed by atoms with Crippen LogP contribution in [0, 0.1) is 0 Å². The van der Waals surface area contributed by atoms with Crippen molar-refractivity contribution >= 4 is 17.2 Å². The van der Waals surface area contributed by atoms with Crippen LogP contribution >= 0.6 is 11.3 Å². The van der Waals surface area contributed by atoms with E-state index >= 15 is 0 Å². The van der Waals surface area contributed by atoms with Crippen molar-refractivity contribution < 1.29 is 14.1 Å². The number of amides is 1. The summed E-state index contributed by atoms with van der Waals surface area (Å²) in [5.74, 6) is 2.25. The minimum Gasteiger partial charge on any atom is -0.489 e. The molecule has 2 aromatic rings. The molecule has 0 aromatic carbocycles. The lowest BCUT2D eigenvalue weighted by molar-refractivity contribution is 0.0587. The van der Waals surface area contributed by atoms with Crippen LogP contribution in [-0.4, -0.2) is 35.2 Å². The van der Waals surface area contributed by atoms with Crippen LogP contribution in [0.2, 0.25) is 0 Å². The fourth-order valence-corrected chi connectivity index (χ4v) is 3.36. The summed E-state index contributed by atoms with van der Waals surface area (Å²) < 4.78 is 11.2. The molecule has 2 aromatic heterocycles. The number of likely N-dealkylation sites (tertiary alicyclic amines) is 1. The summed E-state index contributed by atoms with van der Waals surface area (Å²) in [4.78, 5) is 14.3. The fraction of sp³-hybridized carbons (Fsp3) is 0.500. The molecule has 1 saturated heterocycles. The quantitative estimate of drug-likeness (QED) is 0.868. The first-order chi connectivity index (χ1) is 10.8. The van der Waals surface area contributed by atoms with Gasteiger partial charge in [0.05, 0.1) is 0 Å². The monoisotopic (exact) mass is 318 g/mol. The zero-order valence-corrected chi connectivity index (χ0v) is 13.1. The Balaban J connectivity index is 1.33. The van der Waals surface area contributed by atoms with Gasteiger partial charge >= 0.3 is 0 Å². The van der Waals surface area contributed by atoms with Crippen LogP contribution in [0.3, 0.4) is 0 Å². The summed E-state index contributed by atoms with van der Waals surface area (Å²) in [5, 5.41) is 7.95. The summed E-state index contributed by atoms with van der Waals surface area (Å²) in [6, 6.07) is 3.80. The van der Waals surface area contributed by atoms with Crippen LogP contribution in [0.25, 0.3) is 0 Å². The molecule has 2 aliphatic rings. The number of nitrogens with zero attached hydrogens (tertiary/aromatic N) is 2. The number of thiophene rings is 1. The highest BCUT2D eigenvalue weighted by molar-refractivity contribution is 7.08. The van der Waals surface area contributed by atoms with E-state index in [1.807, 2.05) is 27.8 Å². The third-order valence-electron chi connectivity index (χ3n) is 4.25. The predicted molar refractivity (Wildman–Crippen MR) is 82.4 cm³/mol. The Bertz CT molecular complexity index is 640. The van der Waals surface area contributed by atoms with Gasteiger partial charge in [0.2, 0.25) is 0 Å². The zero-order valence-electron chi connectivity index (χ0n) is 12.2. The highest BCUT2D eigenvalue weighted by atomic mass is 32.1. The van der Waals surface area contributed by atoms with E-state index in [9.17, 15) is 4.79 Å². The van der Waals surface area contributed by atoms with Crippen LogP contribution in [0.15, 0.2) is 27.4 Å².